The Bertz CT molecular complexity index is 1080. The van der Waals surface area contributed by atoms with Crippen molar-refractivity contribution in [1.29, 1.82) is 0 Å². The molecule has 0 fully saturated rings. The summed E-state index contributed by atoms with van der Waals surface area (Å²) in [5.74, 6) is 1.03. The van der Waals surface area contributed by atoms with Gasteiger partial charge in [-0.05, 0) is 54.3 Å². The van der Waals surface area contributed by atoms with Crippen molar-refractivity contribution in [1.82, 2.24) is 4.98 Å². The summed E-state index contributed by atoms with van der Waals surface area (Å²) in [5, 5.41) is 3.01. The molecule has 2 aliphatic heterocycles. The SMILES string of the molecule is COc1ccc(Br)cc1-c1nc(-c2cc3c4c(c2)CC(=O)N4CCC3)cs1. The van der Waals surface area contributed by atoms with E-state index in [0.29, 0.717) is 6.42 Å². The van der Waals surface area contributed by atoms with Crippen LogP contribution in [0, 0.1) is 0 Å². The molecule has 136 valence electrons. The van der Waals surface area contributed by atoms with Crippen LogP contribution in [0.4, 0.5) is 5.69 Å². The highest BCUT2D eigenvalue weighted by Crippen LogP contribution is 2.41. The Balaban J connectivity index is 1.58. The lowest BCUT2D eigenvalue weighted by molar-refractivity contribution is -0.117. The van der Waals surface area contributed by atoms with Gasteiger partial charge in [-0.15, -0.1) is 11.3 Å². The number of hydrogen-bond donors (Lipinski definition) is 0. The molecular weight excluding hydrogens is 424 g/mol. The second kappa shape index (κ2) is 6.46. The third-order valence-corrected chi connectivity index (χ3v) is 6.57. The van der Waals surface area contributed by atoms with Gasteiger partial charge in [-0.3, -0.25) is 4.79 Å². The summed E-state index contributed by atoms with van der Waals surface area (Å²) in [7, 11) is 1.68. The number of benzene rings is 2. The van der Waals surface area contributed by atoms with Crippen LogP contribution in [0.5, 0.6) is 5.75 Å². The van der Waals surface area contributed by atoms with Crippen molar-refractivity contribution in [3.8, 4) is 27.6 Å². The van der Waals surface area contributed by atoms with E-state index in [1.165, 1.54) is 5.56 Å². The number of hydrogen-bond acceptors (Lipinski definition) is 4. The highest BCUT2D eigenvalue weighted by atomic mass is 79.9. The summed E-state index contributed by atoms with van der Waals surface area (Å²) < 4.78 is 6.50. The number of nitrogens with zero attached hydrogens (tertiary/aromatic N) is 2. The number of thiazole rings is 1. The molecule has 0 saturated heterocycles. The number of aryl methyl sites for hydroxylation is 1. The van der Waals surface area contributed by atoms with Crippen LogP contribution in [0.1, 0.15) is 17.5 Å². The Morgan fingerprint density at radius 1 is 1.22 bits per heavy atom. The minimum atomic E-state index is 0.223. The lowest BCUT2D eigenvalue weighted by Gasteiger charge is -2.25. The van der Waals surface area contributed by atoms with E-state index in [2.05, 4.69) is 33.4 Å². The molecule has 0 bridgehead atoms. The van der Waals surface area contributed by atoms with E-state index in [0.717, 1.165) is 62.7 Å². The van der Waals surface area contributed by atoms with E-state index in [1.807, 2.05) is 23.1 Å². The van der Waals surface area contributed by atoms with Crippen LogP contribution in [0.15, 0.2) is 40.2 Å². The maximum absolute atomic E-state index is 12.3. The van der Waals surface area contributed by atoms with Gasteiger partial charge in [0.2, 0.25) is 5.91 Å². The van der Waals surface area contributed by atoms with Gasteiger partial charge in [-0.1, -0.05) is 15.9 Å². The maximum Gasteiger partial charge on any atom is 0.231 e. The first kappa shape index (κ1) is 17.0. The number of anilines is 1. The van der Waals surface area contributed by atoms with E-state index in [4.69, 9.17) is 9.72 Å². The number of methoxy groups -OCH3 is 1. The number of rotatable bonds is 3. The Hall–Kier alpha value is -2.18. The molecule has 0 saturated carbocycles. The van der Waals surface area contributed by atoms with E-state index in [1.54, 1.807) is 18.4 Å². The van der Waals surface area contributed by atoms with Gasteiger partial charge in [-0.2, -0.15) is 0 Å². The van der Waals surface area contributed by atoms with Crippen LogP contribution in [-0.2, 0) is 17.6 Å². The summed E-state index contributed by atoms with van der Waals surface area (Å²) in [6.07, 6.45) is 2.56. The van der Waals surface area contributed by atoms with Crippen LogP contribution in [0.3, 0.4) is 0 Å². The standard InChI is InChI=1S/C21H17BrN2O2S/c1-26-18-5-4-15(22)10-16(18)21-23-17(11-27-21)13-7-12-3-2-6-24-19(25)9-14(8-13)20(12)24/h4-5,7-8,10-11H,2-3,6,9H2,1H3. The highest BCUT2D eigenvalue weighted by molar-refractivity contribution is 9.10. The fourth-order valence-corrected chi connectivity index (χ4v) is 5.22. The zero-order valence-corrected chi connectivity index (χ0v) is 17.2. The van der Waals surface area contributed by atoms with Gasteiger partial charge in [0, 0.05) is 22.0 Å². The predicted molar refractivity (Wildman–Crippen MR) is 112 cm³/mol. The Labute approximate surface area is 169 Å². The van der Waals surface area contributed by atoms with Crippen LogP contribution in [0.2, 0.25) is 0 Å². The molecule has 1 amide bonds. The molecule has 3 aromatic rings. The first-order valence-electron chi connectivity index (χ1n) is 8.90. The Morgan fingerprint density at radius 2 is 2.07 bits per heavy atom. The summed E-state index contributed by atoms with van der Waals surface area (Å²) in [6, 6.07) is 10.3. The molecule has 3 heterocycles. The van der Waals surface area contributed by atoms with E-state index in [-0.39, 0.29) is 5.91 Å². The first-order chi connectivity index (χ1) is 13.1. The molecule has 0 unspecified atom stereocenters. The summed E-state index contributed by atoms with van der Waals surface area (Å²) in [4.78, 5) is 19.1. The number of amides is 1. The molecule has 0 N–H and O–H groups in total. The van der Waals surface area contributed by atoms with Crippen molar-refractivity contribution in [3.05, 3.63) is 51.3 Å². The monoisotopic (exact) mass is 440 g/mol. The van der Waals surface area contributed by atoms with Gasteiger partial charge in [0.1, 0.15) is 10.8 Å². The van der Waals surface area contributed by atoms with Crippen molar-refractivity contribution < 1.29 is 9.53 Å². The predicted octanol–water partition coefficient (Wildman–Crippen LogP) is 5.08. The van der Waals surface area contributed by atoms with Gasteiger partial charge in [0.05, 0.1) is 30.5 Å². The van der Waals surface area contributed by atoms with Gasteiger partial charge >= 0.3 is 0 Å². The number of halogens is 1. The average Bonchev–Trinajstić information content (AvgIpc) is 3.28. The van der Waals surface area contributed by atoms with Crippen molar-refractivity contribution in [2.75, 3.05) is 18.6 Å². The van der Waals surface area contributed by atoms with Crippen LogP contribution in [-0.4, -0.2) is 24.5 Å². The molecule has 5 rings (SSSR count). The maximum atomic E-state index is 12.3. The molecule has 0 atom stereocenters. The second-order valence-corrected chi connectivity index (χ2v) is 8.63. The zero-order chi connectivity index (χ0) is 18.5. The molecule has 2 aromatic carbocycles. The topological polar surface area (TPSA) is 42.4 Å². The number of carbonyl (C=O) groups excluding carboxylic acids is 1. The van der Waals surface area contributed by atoms with Gasteiger partial charge in [0.25, 0.3) is 0 Å². The normalized spacial score (nSPS) is 15.2. The largest absolute Gasteiger partial charge is 0.496 e. The molecule has 4 nitrogen and oxygen atoms in total. The molecular formula is C21H17BrN2O2S. The fourth-order valence-electron chi connectivity index (χ4n) is 4.00. The number of aromatic nitrogens is 1. The van der Waals surface area contributed by atoms with Crippen molar-refractivity contribution in [3.63, 3.8) is 0 Å². The molecule has 2 aliphatic rings. The van der Waals surface area contributed by atoms with Crippen LogP contribution < -0.4 is 9.64 Å². The highest BCUT2D eigenvalue weighted by Gasteiger charge is 2.32. The van der Waals surface area contributed by atoms with Crippen molar-refractivity contribution >= 4 is 38.9 Å². The Morgan fingerprint density at radius 3 is 2.93 bits per heavy atom. The van der Waals surface area contributed by atoms with Gasteiger partial charge in [0.15, 0.2) is 0 Å². The molecule has 0 spiro atoms. The van der Waals surface area contributed by atoms with Crippen LogP contribution >= 0.6 is 27.3 Å². The van der Waals surface area contributed by atoms with Crippen molar-refractivity contribution in [2.24, 2.45) is 0 Å². The molecule has 6 heteroatoms. The van der Waals surface area contributed by atoms with E-state index < -0.39 is 0 Å². The second-order valence-electron chi connectivity index (χ2n) is 6.85. The number of ether oxygens (including phenoxy) is 1. The van der Waals surface area contributed by atoms with E-state index >= 15 is 0 Å². The summed E-state index contributed by atoms with van der Waals surface area (Å²) >= 11 is 5.14. The van der Waals surface area contributed by atoms with Gasteiger partial charge < -0.3 is 9.64 Å². The Kier molecular flexibility index (Phi) is 4.06. The summed E-state index contributed by atoms with van der Waals surface area (Å²) in [6.45, 7) is 0.849. The quantitative estimate of drug-likeness (QED) is 0.569. The van der Waals surface area contributed by atoms with Gasteiger partial charge in [-0.25, -0.2) is 4.98 Å². The number of carbonyl (C=O) groups is 1. The van der Waals surface area contributed by atoms with Crippen LogP contribution in [0.25, 0.3) is 21.8 Å². The lowest BCUT2D eigenvalue weighted by atomic mass is 9.96. The minimum absolute atomic E-state index is 0.223. The average molecular weight is 441 g/mol. The zero-order valence-electron chi connectivity index (χ0n) is 14.8. The smallest absolute Gasteiger partial charge is 0.231 e. The lowest BCUT2D eigenvalue weighted by Crippen LogP contribution is -2.31. The van der Waals surface area contributed by atoms with Crippen molar-refractivity contribution in [2.45, 2.75) is 19.3 Å². The molecule has 0 radical (unpaired) electrons. The molecule has 0 aliphatic carbocycles. The fraction of sp³-hybridized carbons (Fsp3) is 0.238. The third kappa shape index (κ3) is 2.78. The minimum Gasteiger partial charge on any atom is -0.496 e. The first-order valence-corrected chi connectivity index (χ1v) is 10.6. The third-order valence-electron chi connectivity index (χ3n) is 5.20. The van der Waals surface area contributed by atoms with E-state index in [9.17, 15) is 4.79 Å². The summed E-state index contributed by atoms with van der Waals surface area (Å²) in [5.41, 5.74) is 6.59. The molecule has 1 aromatic heterocycles. The molecule has 27 heavy (non-hydrogen) atoms.